The summed E-state index contributed by atoms with van der Waals surface area (Å²) in [5.41, 5.74) is 7.30. The van der Waals surface area contributed by atoms with E-state index in [0.29, 0.717) is 17.5 Å². The van der Waals surface area contributed by atoms with Crippen LogP contribution in [0.4, 0.5) is 4.79 Å². The Kier molecular flexibility index (Phi) is 10.1. The van der Waals surface area contributed by atoms with E-state index in [1.54, 1.807) is 32.1 Å². The maximum atomic E-state index is 13.2. The Morgan fingerprint density at radius 1 is 1.18 bits per heavy atom. The molecule has 1 aromatic heterocycles. The molecule has 2 amide bonds. The van der Waals surface area contributed by atoms with Gasteiger partial charge in [0.05, 0.1) is 9.88 Å². The molecule has 6 nitrogen and oxygen atoms in total. The number of likely N-dealkylation sites (tertiary alicyclic amines) is 1. The van der Waals surface area contributed by atoms with E-state index in [9.17, 15) is 9.59 Å². The van der Waals surface area contributed by atoms with E-state index in [0.717, 1.165) is 35.0 Å². The van der Waals surface area contributed by atoms with Gasteiger partial charge >= 0.3 is 6.09 Å². The second-order valence-corrected chi connectivity index (χ2v) is 10.9. The SMILES string of the molecule is CC.CC(C)(C)OC(N)=O.Cc1cccc(-c2sc(C3CC3)nc2C(=O)N2CCC[C@@H](C)C2)c1. The third kappa shape index (κ3) is 8.42. The van der Waals surface area contributed by atoms with Gasteiger partial charge in [0.25, 0.3) is 5.91 Å². The smallest absolute Gasteiger partial charge is 0.405 e. The zero-order chi connectivity index (χ0) is 25.5. The summed E-state index contributed by atoms with van der Waals surface area (Å²) in [5, 5.41) is 1.15. The van der Waals surface area contributed by atoms with E-state index in [2.05, 4.69) is 42.8 Å². The van der Waals surface area contributed by atoms with Crippen molar-refractivity contribution in [2.24, 2.45) is 11.7 Å². The maximum Gasteiger partial charge on any atom is 0.405 e. The normalized spacial score (nSPS) is 17.6. The number of carbonyl (C=O) groups excluding carboxylic acids is 2. The van der Waals surface area contributed by atoms with Crippen LogP contribution in [-0.4, -0.2) is 40.6 Å². The Morgan fingerprint density at radius 3 is 2.35 bits per heavy atom. The molecule has 188 valence electrons. The van der Waals surface area contributed by atoms with Crippen molar-refractivity contribution in [3.63, 3.8) is 0 Å². The molecule has 0 spiro atoms. The fraction of sp³-hybridized carbons (Fsp3) is 0.593. The molecule has 1 aliphatic heterocycles. The topological polar surface area (TPSA) is 85.5 Å². The van der Waals surface area contributed by atoms with Crippen molar-refractivity contribution < 1.29 is 14.3 Å². The number of rotatable bonds is 3. The highest BCUT2D eigenvalue weighted by atomic mass is 32.1. The summed E-state index contributed by atoms with van der Waals surface area (Å²) in [6.45, 7) is 15.3. The predicted octanol–water partition coefficient (Wildman–Crippen LogP) is 6.77. The van der Waals surface area contributed by atoms with E-state index in [1.807, 2.05) is 18.7 Å². The van der Waals surface area contributed by atoms with E-state index in [1.165, 1.54) is 24.8 Å². The van der Waals surface area contributed by atoms with Crippen LogP contribution in [0, 0.1) is 12.8 Å². The molecule has 0 radical (unpaired) electrons. The molecule has 1 saturated carbocycles. The molecule has 4 rings (SSSR count). The van der Waals surface area contributed by atoms with E-state index in [-0.39, 0.29) is 5.91 Å². The molecule has 2 aromatic rings. The monoisotopic (exact) mass is 487 g/mol. The minimum Gasteiger partial charge on any atom is -0.444 e. The van der Waals surface area contributed by atoms with Crippen LogP contribution < -0.4 is 5.73 Å². The second-order valence-electron chi connectivity index (χ2n) is 9.91. The summed E-state index contributed by atoms with van der Waals surface area (Å²) in [4.78, 5) is 31.0. The summed E-state index contributed by atoms with van der Waals surface area (Å²) in [7, 11) is 0. The van der Waals surface area contributed by atoms with Gasteiger partial charge in [-0.25, -0.2) is 9.78 Å². The van der Waals surface area contributed by atoms with Gasteiger partial charge in [0.15, 0.2) is 0 Å². The van der Waals surface area contributed by atoms with Crippen LogP contribution in [0.2, 0.25) is 0 Å². The molecule has 1 aliphatic carbocycles. The van der Waals surface area contributed by atoms with Gasteiger partial charge in [0, 0.05) is 19.0 Å². The first-order valence-electron chi connectivity index (χ1n) is 12.4. The summed E-state index contributed by atoms with van der Waals surface area (Å²) >= 11 is 1.73. The molecule has 0 unspecified atom stereocenters. The standard InChI is InChI=1S/C20H24N2OS.C5H11NO2.C2H6/c1-13-5-3-7-16(11-13)18-17(21-19(24-18)15-8-9-15)20(23)22-10-4-6-14(2)12-22;1-5(2,3)8-4(6)7;1-2/h3,5,7,11,14-15H,4,6,8-10,12H2,1-2H3;1-3H3,(H2,6,7);1-2H3/t14-;;/m1../s1. The van der Waals surface area contributed by atoms with Crippen molar-refractivity contribution >= 4 is 23.3 Å². The van der Waals surface area contributed by atoms with Gasteiger partial charge in [-0.1, -0.05) is 50.6 Å². The Balaban J connectivity index is 0.000000350. The fourth-order valence-electron chi connectivity index (χ4n) is 3.79. The number of amides is 2. The van der Waals surface area contributed by atoms with Crippen molar-refractivity contribution in [3.8, 4) is 10.4 Å². The molecule has 1 atom stereocenters. The lowest BCUT2D eigenvalue weighted by molar-refractivity contribution is 0.0599. The number of aromatic nitrogens is 1. The van der Waals surface area contributed by atoms with Crippen LogP contribution in [0.5, 0.6) is 0 Å². The minimum atomic E-state index is -0.725. The number of hydrogen-bond acceptors (Lipinski definition) is 5. The van der Waals surface area contributed by atoms with Crippen molar-refractivity contribution in [3.05, 3.63) is 40.5 Å². The fourth-order valence-corrected chi connectivity index (χ4v) is 5.02. The largest absolute Gasteiger partial charge is 0.444 e. The lowest BCUT2D eigenvalue weighted by Crippen LogP contribution is -2.39. The van der Waals surface area contributed by atoms with E-state index >= 15 is 0 Å². The molecular formula is C27H41N3O3S. The Hall–Kier alpha value is -2.41. The number of nitrogens with zero attached hydrogens (tertiary/aromatic N) is 2. The van der Waals surface area contributed by atoms with Gasteiger partial charge in [-0.05, 0) is 64.9 Å². The zero-order valence-electron chi connectivity index (χ0n) is 21.8. The molecule has 0 bridgehead atoms. The third-order valence-electron chi connectivity index (χ3n) is 5.40. The molecule has 2 aliphatic rings. The molecular weight excluding hydrogens is 446 g/mol. The van der Waals surface area contributed by atoms with Crippen LogP contribution in [0.3, 0.4) is 0 Å². The van der Waals surface area contributed by atoms with Gasteiger partial charge in [-0.3, -0.25) is 4.79 Å². The average Bonchev–Trinajstić information content (AvgIpc) is 3.52. The van der Waals surface area contributed by atoms with Crippen molar-refractivity contribution in [1.82, 2.24) is 9.88 Å². The number of hydrogen-bond donors (Lipinski definition) is 1. The highest BCUT2D eigenvalue weighted by molar-refractivity contribution is 7.15. The first kappa shape index (κ1) is 27.8. The third-order valence-corrected chi connectivity index (χ3v) is 6.67. The highest BCUT2D eigenvalue weighted by Gasteiger charge is 2.32. The van der Waals surface area contributed by atoms with Gasteiger partial charge in [0.1, 0.15) is 11.3 Å². The van der Waals surface area contributed by atoms with Gasteiger partial charge in [-0.2, -0.15) is 0 Å². The van der Waals surface area contributed by atoms with Crippen molar-refractivity contribution in [2.75, 3.05) is 13.1 Å². The zero-order valence-corrected chi connectivity index (χ0v) is 22.6. The van der Waals surface area contributed by atoms with Crippen LogP contribution in [-0.2, 0) is 4.74 Å². The van der Waals surface area contributed by atoms with E-state index in [4.69, 9.17) is 10.7 Å². The predicted molar refractivity (Wildman–Crippen MR) is 140 cm³/mol. The van der Waals surface area contributed by atoms with Crippen LogP contribution in [0.25, 0.3) is 10.4 Å². The van der Waals surface area contributed by atoms with E-state index < -0.39 is 11.7 Å². The Morgan fingerprint density at radius 2 is 1.85 bits per heavy atom. The number of thiazole rings is 1. The second kappa shape index (κ2) is 12.3. The number of primary amides is 1. The maximum absolute atomic E-state index is 13.2. The molecule has 1 saturated heterocycles. The number of piperidine rings is 1. The van der Waals surface area contributed by atoms with Gasteiger partial charge < -0.3 is 15.4 Å². The number of carbonyl (C=O) groups is 2. The molecule has 7 heteroatoms. The lowest BCUT2D eigenvalue weighted by Gasteiger charge is -2.30. The summed E-state index contributed by atoms with van der Waals surface area (Å²) in [6, 6.07) is 8.44. The van der Waals surface area contributed by atoms with Crippen LogP contribution in [0.1, 0.15) is 94.2 Å². The number of nitrogens with two attached hydrogens (primary N) is 1. The van der Waals surface area contributed by atoms with Gasteiger partial charge in [-0.15, -0.1) is 11.3 Å². The number of benzene rings is 1. The van der Waals surface area contributed by atoms with Crippen molar-refractivity contribution in [2.45, 2.75) is 85.7 Å². The number of ether oxygens (including phenoxy) is 1. The van der Waals surface area contributed by atoms with Crippen LogP contribution >= 0.6 is 11.3 Å². The molecule has 2 fully saturated rings. The Labute approximate surface area is 208 Å². The highest BCUT2D eigenvalue weighted by Crippen LogP contribution is 2.45. The minimum absolute atomic E-state index is 0.126. The average molecular weight is 488 g/mol. The lowest BCUT2D eigenvalue weighted by atomic mass is 10.00. The van der Waals surface area contributed by atoms with Crippen LogP contribution in [0.15, 0.2) is 24.3 Å². The summed E-state index contributed by atoms with van der Waals surface area (Å²) in [6.07, 6.45) is 4.03. The first-order valence-corrected chi connectivity index (χ1v) is 13.2. The Bertz CT molecular complexity index is 960. The first-order chi connectivity index (χ1) is 16.0. The molecule has 2 heterocycles. The molecule has 2 N–H and O–H groups in total. The van der Waals surface area contributed by atoms with Crippen molar-refractivity contribution in [1.29, 1.82) is 0 Å². The number of aryl methyl sites for hydroxylation is 1. The summed E-state index contributed by atoms with van der Waals surface area (Å²) < 4.78 is 4.58. The quantitative estimate of drug-likeness (QED) is 0.517. The van der Waals surface area contributed by atoms with Gasteiger partial charge in [0.2, 0.25) is 0 Å². The molecule has 1 aromatic carbocycles. The molecule has 34 heavy (non-hydrogen) atoms. The summed E-state index contributed by atoms with van der Waals surface area (Å²) in [5.74, 6) is 1.30.